The van der Waals surface area contributed by atoms with E-state index in [1.165, 1.54) is 24.5 Å². The fourth-order valence-corrected chi connectivity index (χ4v) is 1.28. The van der Waals surface area contributed by atoms with Crippen LogP contribution in [0.1, 0.15) is 0 Å². The zero-order valence-corrected chi connectivity index (χ0v) is 9.04. The summed E-state index contributed by atoms with van der Waals surface area (Å²) in [5.41, 5.74) is 0.147. The Morgan fingerprint density at radius 3 is 2.59 bits per heavy atom. The lowest BCUT2D eigenvalue weighted by molar-refractivity contribution is 0.586. The lowest BCUT2D eigenvalue weighted by Crippen LogP contribution is -2.00. The number of halogens is 2. The first-order valence-electron chi connectivity index (χ1n) is 4.91. The minimum Gasteiger partial charge on any atom is -0.372 e. The zero-order chi connectivity index (χ0) is 12.3. The molecule has 0 aliphatic rings. The average molecular weight is 236 g/mol. The lowest BCUT2D eigenvalue weighted by atomic mass is 10.3. The fraction of sp³-hybridized carbons (Fsp3) is 0.0909. The largest absolute Gasteiger partial charge is 0.372 e. The maximum atomic E-state index is 13.4. The van der Waals surface area contributed by atoms with Crippen molar-refractivity contribution in [1.29, 1.82) is 0 Å². The molecule has 0 atom stereocenters. The monoisotopic (exact) mass is 236 g/mol. The van der Waals surface area contributed by atoms with Gasteiger partial charge in [-0.3, -0.25) is 4.98 Å². The Morgan fingerprint density at radius 1 is 1.12 bits per heavy atom. The van der Waals surface area contributed by atoms with E-state index in [1.807, 2.05) is 0 Å². The van der Waals surface area contributed by atoms with E-state index < -0.39 is 11.6 Å². The number of nitrogens with zero attached hydrogens (tertiary/aromatic N) is 2. The van der Waals surface area contributed by atoms with Gasteiger partial charge in [-0.1, -0.05) is 0 Å². The van der Waals surface area contributed by atoms with Gasteiger partial charge >= 0.3 is 0 Å². The van der Waals surface area contributed by atoms with Crippen molar-refractivity contribution in [2.45, 2.75) is 0 Å². The summed E-state index contributed by atoms with van der Waals surface area (Å²) in [5.74, 6) is -0.371. The van der Waals surface area contributed by atoms with Crippen molar-refractivity contribution >= 4 is 17.3 Å². The van der Waals surface area contributed by atoms with Crippen LogP contribution in [0.25, 0.3) is 0 Å². The maximum absolute atomic E-state index is 13.4. The summed E-state index contributed by atoms with van der Waals surface area (Å²) in [6.45, 7) is 0. The van der Waals surface area contributed by atoms with E-state index >= 15 is 0 Å². The third-order valence-corrected chi connectivity index (χ3v) is 2.08. The molecule has 2 aromatic rings. The van der Waals surface area contributed by atoms with Gasteiger partial charge in [0.05, 0.1) is 18.1 Å². The fourth-order valence-electron chi connectivity index (χ4n) is 1.28. The van der Waals surface area contributed by atoms with Crippen LogP contribution in [0.15, 0.2) is 30.6 Å². The van der Waals surface area contributed by atoms with Crippen LogP contribution < -0.4 is 10.6 Å². The minimum atomic E-state index is -0.679. The third-order valence-electron chi connectivity index (χ3n) is 2.08. The first kappa shape index (κ1) is 11.3. The first-order valence-corrected chi connectivity index (χ1v) is 4.91. The third kappa shape index (κ3) is 2.66. The van der Waals surface area contributed by atoms with Gasteiger partial charge in [-0.05, 0) is 12.1 Å². The summed E-state index contributed by atoms with van der Waals surface area (Å²) in [6, 6.07) is 3.27. The number of hydrogen-bond acceptors (Lipinski definition) is 4. The standard InChI is InChI=1S/C11H10F2N4/c1-14-10-5-15-6-11(17-10)16-9-3-2-7(12)4-8(9)13/h2-6H,1H3,(H2,14,16,17). The number of nitrogens with one attached hydrogen (secondary N) is 2. The second kappa shape index (κ2) is 4.73. The highest BCUT2D eigenvalue weighted by molar-refractivity contribution is 5.57. The minimum absolute atomic E-state index is 0.147. The molecule has 0 saturated heterocycles. The van der Waals surface area contributed by atoms with Crippen LogP contribution in [0.4, 0.5) is 26.1 Å². The van der Waals surface area contributed by atoms with Crippen LogP contribution >= 0.6 is 0 Å². The number of anilines is 3. The molecule has 17 heavy (non-hydrogen) atoms. The van der Waals surface area contributed by atoms with Crippen molar-refractivity contribution in [3.8, 4) is 0 Å². The van der Waals surface area contributed by atoms with E-state index in [-0.39, 0.29) is 5.69 Å². The Morgan fingerprint density at radius 2 is 1.88 bits per heavy atom. The smallest absolute Gasteiger partial charge is 0.151 e. The van der Waals surface area contributed by atoms with E-state index in [9.17, 15) is 8.78 Å². The maximum Gasteiger partial charge on any atom is 0.151 e. The highest BCUT2D eigenvalue weighted by Crippen LogP contribution is 2.19. The van der Waals surface area contributed by atoms with Gasteiger partial charge < -0.3 is 10.6 Å². The number of rotatable bonds is 3. The molecule has 0 spiro atoms. The summed E-state index contributed by atoms with van der Waals surface area (Å²) in [6.07, 6.45) is 2.98. The van der Waals surface area contributed by atoms with E-state index in [0.717, 1.165) is 6.07 Å². The van der Waals surface area contributed by atoms with Crippen molar-refractivity contribution in [2.24, 2.45) is 0 Å². The Kier molecular flexibility index (Phi) is 3.13. The van der Waals surface area contributed by atoms with E-state index in [0.29, 0.717) is 11.6 Å². The van der Waals surface area contributed by atoms with Gasteiger partial charge in [0.1, 0.15) is 17.5 Å². The molecule has 1 aromatic heterocycles. The second-order valence-electron chi connectivity index (χ2n) is 3.29. The zero-order valence-electron chi connectivity index (χ0n) is 9.04. The van der Waals surface area contributed by atoms with Crippen molar-refractivity contribution in [3.63, 3.8) is 0 Å². The Hall–Kier alpha value is -2.24. The molecular formula is C11H10F2N4. The number of hydrogen-bond donors (Lipinski definition) is 2. The summed E-state index contributed by atoms with van der Waals surface area (Å²) in [5, 5.41) is 5.53. The van der Waals surface area contributed by atoms with Crippen LogP contribution in [-0.4, -0.2) is 17.0 Å². The van der Waals surface area contributed by atoms with Gasteiger partial charge in [0.25, 0.3) is 0 Å². The summed E-state index contributed by atoms with van der Waals surface area (Å²) in [7, 11) is 1.70. The highest BCUT2D eigenvalue weighted by Gasteiger charge is 2.05. The lowest BCUT2D eigenvalue weighted by Gasteiger charge is -2.07. The van der Waals surface area contributed by atoms with Crippen LogP contribution in [-0.2, 0) is 0 Å². The van der Waals surface area contributed by atoms with E-state index in [2.05, 4.69) is 20.6 Å². The molecule has 0 unspecified atom stereocenters. The van der Waals surface area contributed by atoms with Crippen LogP contribution in [0.2, 0.25) is 0 Å². The number of aromatic nitrogens is 2. The van der Waals surface area contributed by atoms with Crippen molar-refractivity contribution in [1.82, 2.24) is 9.97 Å². The van der Waals surface area contributed by atoms with Crippen molar-refractivity contribution in [3.05, 3.63) is 42.2 Å². The molecule has 0 saturated carbocycles. The second-order valence-corrected chi connectivity index (χ2v) is 3.29. The van der Waals surface area contributed by atoms with E-state index in [1.54, 1.807) is 7.05 Å². The molecule has 0 bridgehead atoms. The summed E-state index contributed by atoms with van der Waals surface area (Å²) < 4.78 is 26.1. The van der Waals surface area contributed by atoms with E-state index in [4.69, 9.17) is 0 Å². The molecule has 0 aliphatic carbocycles. The summed E-state index contributed by atoms with van der Waals surface area (Å²) in [4.78, 5) is 8.02. The van der Waals surface area contributed by atoms with Crippen molar-refractivity contribution < 1.29 is 8.78 Å². The molecule has 4 nitrogen and oxygen atoms in total. The molecule has 2 N–H and O–H groups in total. The van der Waals surface area contributed by atoms with Gasteiger partial charge in [-0.25, -0.2) is 13.8 Å². The van der Waals surface area contributed by atoms with Crippen molar-refractivity contribution in [2.75, 3.05) is 17.7 Å². The quantitative estimate of drug-likeness (QED) is 0.859. The van der Waals surface area contributed by atoms with Gasteiger partial charge in [-0.15, -0.1) is 0 Å². The molecule has 88 valence electrons. The topological polar surface area (TPSA) is 49.8 Å². The average Bonchev–Trinajstić information content (AvgIpc) is 2.33. The Labute approximate surface area is 96.7 Å². The molecule has 0 radical (unpaired) electrons. The SMILES string of the molecule is CNc1cncc(Nc2ccc(F)cc2F)n1. The number of benzene rings is 1. The van der Waals surface area contributed by atoms with Gasteiger partial charge in [0.15, 0.2) is 5.82 Å². The molecule has 0 aliphatic heterocycles. The predicted molar refractivity (Wildman–Crippen MR) is 61.2 cm³/mol. The first-order chi connectivity index (χ1) is 8.19. The predicted octanol–water partition coefficient (Wildman–Crippen LogP) is 2.54. The molecule has 1 heterocycles. The molecular weight excluding hydrogens is 226 g/mol. The Bertz CT molecular complexity index is 531. The molecule has 6 heteroatoms. The van der Waals surface area contributed by atoms with Gasteiger partial charge in [-0.2, -0.15) is 0 Å². The molecule has 2 rings (SSSR count). The normalized spacial score (nSPS) is 10.1. The van der Waals surface area contributed by atoms with Gasteiger partial charge in [0, 0.05) is 13.1 Å². The van der Waals surface area contributed by atoms with Crippen LogP contribution in [0.5, 0.6) is 0 Å². The summed E-state index contributed by atoms with van der Waals surface area (Å²) >= 11 is 0. The molecule has 0 fully saturated rings. The van der Waals surface area contributed by atoms with Gasteiger partial charge in [0.2, 0.25) is 0 Å². The highest BCUT2D eigenvalue weighted by atomic mass is 19.1. The molecule has 1 aromatic carbocycles. The molecule has 0 amide bonds. The van der Waals surface area contributed by atoms with Crippen LogP contribution in [0.3, 0.4) is 0 Å². The van der Waals surface area contributed by atoms with Crippen LogP contribution in [0, 0.1) is 11.6 Å². The Balaban J connectivity index is 2.25.